The van der Waals surface area contributed by atoms with Crippen LogP contribution in [0.25, 0.3) is 0 Å². The van der Waals surface area contributed by atoms with Gasteiger partial charge in [-0.25, -0.2) is 0 Å². The second kappa shape index (κ2) is 12.1. The predicted octanol–water partition coefficient (Wildman–Crippen LogP) is 2.08. The first-order valence-electron chi connectivity index (χ1n) is 14.4. The summed E-state index contributed by atoms with van der Waals surface area (Å²) in [5.41, 5.74) is 1.69. The fourth-order valence-corrected chi connectivity index (χ4v) is 6.07. The third kappa shape index (κ3) is 7.38. The number of fused-ring (bicyclic) bond motifs is 2. The van der Waals surface area contributed by atoms with Gasteiger partial charge in [0.15, 0.2) is 0 Å². The number of piperidine rings is 1. The van der Waals surface area contributed by atoms with Gasteiger partial charge >= 0.3 is 0 Å². The van der Waals surface area contributed by atoms with Crippen LogP contribution >= 0.6 is 0 Å². The number of benzene rings is 1. The van der Waals surface area contributed by atoms with E-state index in [1.807, 2.05) is 29.2 Å². The Labute approximate surface area is 232 Å². The average Bonchev–Trinajstić information content (AvgIpc) is 3.28. The van der Waals surface area contributed by atoms with E-state index < -0.39 is 6.04 Å². The molecule has 0 bridgehead atoms. The van der Waals surface area contributed by atoms with Crippen LogP contribution in [0.3, 0.4) is 0 Å². The minimum atomic E-state index is -0.575. The molecule has 3 aliphatic rings. The van der Waals surface area contributed by atoms with E-state index in [-0.39, 0.29) is 60.1 Å². The molecule has 1 aromatic rings. The summed E-state index contributed by atoms with van der Waals surface area (Å²) in [5.74, 6) is -0.303. The number of nitrogens with one attached hydrogen (secondary N) is 2. The summed E-state index contributed by atoms with van der Waals surface area (Å²) in [6, 6.07) is 7.22. The van der Waals surface area contributed by atoms with Crippen LogP contribution in [0.1, 0.15) is 71.4 Å². The molecule has 2 saturated heterocycles. The molecule has 9 nitrogen and oxygen atoms in total. The molecule has 39 heavy (non-hydrogen) atoms. The van der Waals surface area contributed by atoms with Gasteiger partial charge in [-0.15, -0.1) is 0 Å². The van der Waals surface area contributed by atoms with E-state index in [2.05, 4.69) is 45.3 Å². The molecule has 2 N–H and O–H groups in total. The van der Waals surface area contributed by atoms with E-state index >= 15 is 0 Å². The third-order valence-corrected chi connectivity index (χ3v) is 7.97. The summed E-state index contributed by atoms with van der Waals surface area (Å²) in [4.78, 5) is 58.9. The van der Waals surface area contributed by atoms with Crippen molar-refractivity contribution in [3.8, 4) is 0 Å². The molecule has 4 amide bonds. The fraction of sp³-hybridized carbons (Fsp3) is 0.667. The highest BCUT2D eigenvalue weighted by Crippen LogP contribution is 2.26. The SMILES string of the molecule is CC(C)N[C@H]1C[C@H]2C(=O)NCc3ccccc3CC(=O)N(C3CCN(C(=O)CC(C)(C)C)CC3)CC(=O)N2C1. The Morgan fingerprint density at radius 2 is 1.69 bits per heavy atom. The quantitative estimate of drug-likeness (QED) is 0.610. The Morgan fingerprint density at radius 3 is 2.33 bits per heavy atom. The predicted molar refractivity (Wildman–Crippen MR) is 150 cm³/mol. The van der Waals surface area contributed by atoms with Gasteiger partial charge in [0.05, 0.1) is 6.42 Å². The smallest absolute Gasteiger partial charge is 0.243 e. The van der Waals surface area contributed by atoms with E-state index in [9.17, 15) is 19.2 Å². The molecule has 0 aromatic heterocycles. The molecular weight excluding hydrogens is 494 g/mol. The molecule has 0 spiro atoms. The van der Waals surface area contributed by atoms with Gasteiger partial charge in [-0.1, -0.05) is 58.9 Å². The largest absolute Gasteiger partial charge is 0.350 e. The summed E-state index contributed by atoms with van der Waals surface area (Å²) in [7, 11) is 0. The van der Waals surface area contributed by atoms with Crippen molar-refractivity contribution in [2.24, 2.45) is 5.41 Å². The van der Waals surface area contributed by atoms with Crippen LogP contribution in [-0.4, -0.2) is 88.7 Å². The molecule has 4 rings (SSSR count). The van der Waals surface area contributed by atoms with Crippen LogP contribution in [0.15, 0.2) is 24.3 Å². The second-order valence-electron chi connectivity index (χ2n) is 12.9. The van der Waals surface area contributed by atoms with Crippen LogP contribution in [0, 0.1) is 5.41 Å². The summed E-state index contributed by atoms with van der Waals surface area (Å²) in [6.45, 7) is 12.1. The maximum atomic E-state index is 13.8. The Morgan fingerprint density at radius 1 is 1.03 bits per heavy atom. The molecule has 2 atom stereocenters. The van der Waals surface area contributed by atoms with Crippen molar-refractivity contribution in [3.63, 3.8) is 0 Å². The molecule has 214 valence electrons. The minimum absolute atomic E-state index is 0.0170. The van der Waals surface area contributed by atoms with Crippen molar-refractivity contribution >= 4 is 23.6 Å². The summed E-state index contributed by atoms with van der Waals surface area (Å²) in [6.07, 6.45) is 2.47. The maximum Gasteiger partial charge on any atom is 0.243 e. The van der Waals surface area contributed by atoms with Crippen LogP contribution in [0.2, 0.25) is 0 Å². The van der Waals surface area contributed by atoms with Crippen molar-refractivity contribution in [2.75, 3.05) is 26.2 Å². The zero-order valence-electron chi connectivity index (χ0n) is 24.2. The van der Waals surface area contributed by atoms with E-state index in [4.69, 9.17) is 0 Å². The summed E-state index contributed by atoms with van der Waals surface area (Å²) < 4.78 is 0. The molecule has 3 aliphatic heterocycles. The lowest BCUT2D eigenvalue weighted by Crippen LogP contribution is -2.55. The highest BCUT2D eigenvalue weighted by atomic mass is 16.2. The first-order valence-corrected chi connectivity index (χ1v) is 14.4. The molecule has 0 aliphatic carbocycles. The number of hydrogen-bond donors (Lipinski definition) is 2. The van der Waals surface area contributed by atoms with Crippen LogP contribution in [0.5, 0.6) is 0 Å². The standard InChI is InChI=1S/C30H45N5O4/c1-20(2)32-23-15-25-29(39)31-17-22-9-7-6-8-21(22)14-26(36)34(19-28(38)35(25)18-23)24-10-12-33(13-11-24)27(37)16-30(3,4)5/h6-9,20,23-25,32H,10-19H2,1-5H3,(H,31,39)/t23-,25-/m0/s1. The number of nitrogens with zero attached hydrogens (tertiary/aromatic N) is 3. The minimum Gasteiger partial charge on any atom is -0.350 e. The highest BCUT2D eigenvalue weighted by Gasteiger charge is 2.41. The number of amides is 4. The normalized spacial score (nSPS) is 23.7. The van der Waals surface area contributed by atoms with Gasteiger partial charge in [-0.05, 0) is 35.8 Å². The molecule has 0 saturated carbocycles. The second-order valence-corrected chi connectivity index (χ2v) is 12.9. The Hall–Kier alpha value is -2.94. The van der Waals surface area contributed by atoms with Crippen molar-refractivity contribution in [2.45, 2.75) is 97.4 Å². The van der Waals surface area contributed by atoms with Crippen LogP contribution in [0.4, 0.5) is 0 Å². The Balaban J connectivity index is 1.57. The van der Waals surface area contributed by atoms with Crippen LogP contribution in [-0.2, 0) is 32.1 Å². The van der Waals surface area contributed by atoms with Crippen molar-refractivity contribution in [1.29, 1.82) is 0 Å². The van der Waals surface area contributed by atoms with Gasteiger partial charge < -0.3 is 25.3 Å². The number of carbonyl (C=O) groups is 4. The topological polar surface area (TPSA) is 102 Å². The third-order valence-electron chi connectivity index (χ3n) is 7.97. The molecule has 3 heterocycles. The van der Waals surface area contributed by atoms with Gasteiger partial charge in [-0.3, -0.25) is 19.2 Å². The zero-order chi connectivity index (χ0) is 28.3. The molecule has 0 radical (unpaired) electrons. The van der Waals surface area contributed by atoms with E-state index in [1.54, 1.807) is 9.80 Å². The molecule has 9 heteroatoms. The maximum absolute atomic E-state index is 13.8. The monoisotopic (exact) mass is 539 g/mol. The average molecular weight is 540 g/mol. The summed E-state index contributed by atoms with van der Waals surface area (Å²) >= 11 is 0. The molecule has 1 aromatic carbocycles. The fourth-order valence-electron chi connectivity index (χ4n) is 6.07. The lowest BCUT2D eigenvalue weighted by Gasteiger charge is -2.40. The Bertz CT molecular complexity index is 1070. The van der Waals surface area contributed by atoms with Gasteiger partial charge in [0.2, 0.25) is 23.6 Å². The number of rotatable bonds is 4. The first kappa shape index (κ1) is 29.1. The van der Waals surface area contributed by atoms with E-state index in [0.29, 0.717) is 51.9 Å². The van der Waals surface area contributed by atoms with Crippen molar-refractivity contribution in [3.05, 3.63) is 35.4 Å². The van der Waals surface area contributed by atoms with Gasteiger partial charge in [-0.2, -0.15) is 0 Å². The molecule has 2 fully saturated rings. The van der Waals surface area contributed by atoms with Crippen LogP contribution < -0.4 is 10.6 Å². The van der Waals surface area contributed by atoms with Crippen molar-refractivity contribution < 1.29 is 19.2 Å². The number of carbonyl (C=O) groups excluding carboxylic acids is 4. The number of likely N-dealkylation sites (tertiary alicyclic amines) is 1. The molecular formula is C30H45N5O4. The lowest BCUT2D eigenvalue weighted by atomic mass is 9.91. The van der Waals surface area contributed by atoms with E-state index in [1.165, 1.54) is 0 Å². The van der Waals surface area contributed by atoms with Gasteiger partial charge in [0, 0.05) is 50.7 Å². The van der Waals surface area contributed by atoms with E-state index in [0.717, 1.165) is 11.1 Å². The number of hydrogen-bond acceptors (Lipinski definition) is 5. The van der Waals surface area contributed by atoms with Crippen molar-refractivity contribution in [1.82, 2.24) is 25.3 Å². The molecule has 0 unspecified atom stereocenters. The lowest BCUT2D eigenvalue weighted by molar-refractivity contribution is -0.146. The van der Waals surface area contributed by atoms with Gasteiger partial charge in [0.1, 0.15) is 12.6 Å². The highest BCUT2D eigenvalue weighted by molar-refractivity contribution is 5.91. The Kier molecular flexibility index (Phi) is 8.99. The first-order chi connectivity index (χ1) is 18.4. The van der Waals surface area contributed by atoms with Gasteiger partial charge in [0.25, 0.3) is 0 Å². The summed E-state index contributed by atoms with van der Waals surface area (Å²) in [5, 5.41) is 6.49. The zero-order valence-corrected chi connectivity index (χ0v) is 24.2.